The number of carboxylic acids is 1. The van der Waals surface area contributed by atoms with Gasteiger partial charge < -0.3 is 5.11 Å². The summed E-state index contributed by atoms with van der Waals surface area (Å²) in [7, 11) is 0. The van der Waals surface area contributed by atoms with Crippen molar-refractivity contribution in [3.63, 3.8) is 0 Å². The first-order valence-corrected chi connectivity index (χ1v) is 9.52. The van der Waals surface area contributed by atoms with E-state index in [9.17, 15) is 4.79 Å². The highest BCUT2D eigenvalue weighted by Crippen LogP contribution is 2.18. The maximum atomic E-state index is 10.6. The Bertz CT molecular complexity index is 892. The lowest BCUT2D eigenvalue weighted by molar-refractivity contribution is 0.0697. The Morgan fingerprint density at radius 2 is 1.46 bits per heavy atom. The number of benzene rings is 3. The summed E-state index contributed by atoms with van der Waals surface area (Å²) in [6.07, 6.45) is 4.69. The number of nitriles is 1. The van der Waals surface area contributed by atoms with Crippen LogP contribution in [0.1, 0.15) is 47.7 Å². The Morgan fingerprint density at radius 1 is 0.857 bits per heavy atom. The zero-order valence-corrected chi connectivity index (χ0v) is 16.1. The third kappa shape index (κ3) is 6.74. The van der Waals surface area contributed by atoms with Gasteiger partial charge in [0.05, 0.1) is 17.2 Å². The number of aryl methyl sites for hydroxylation is 1. The van der Waals surface area contributed by atoms with Crippen molar-refractivity contribution in [3.05, 3.63) is 95.6 Å². The Morgan fingerprint density at radius 3 is 2.00 bits per heavy atom. The molecular formula is C25H25NO2. The van der Waals surface area contributed by atoms with Crippen LogP contribution in [-0.4, -0.2) is 11.1 Å². The highest BCUT2D eigenvalue weighted by molar-refractivity contribution is 5.87. The molecule has 0 radical (unpaired) electrons. The molecule has 0 spiro atoms. The topological polar surface area (TPSA) is 61.1 Å². The van der Waals surface area contributed by atoms with Gasteiger partial charge >= 0.3 is 5.97 Å². The van der Waals surface area contributed by atoms with E-state index in [2.05, 4.69) is 25.1 Å². The van der Waals surface area contributed by atoms with Crippen molar-refractivity contribution in [2.24, 2.45) is 0 Å². The number of hydrogen-bond acceptors (Lipinski definition) is 2. The van der Waals surface area contributed by atoms with Crippen molar-refractivity contribution in [1.29, 1.82) is 5.26 Å². The molecule has 3 aromatic carbocycles. The highest BCUT2D eigenvalue weighted by Gasteiger charge is 2.01. The van der Waals surface area contributed by atoms with Gasteiger partial charge in [0.1, 0.15) is 0 Å². The number of rotatable bonds is 6. The van der Waals surface area contributed by atoms with E-state index in [1.807, 2.05) is 54.6 Å². The minimum absolute atomic E-state index is 0.365. The number of hydrogen-bond donors (Lipinski definition) is 1. The fourth-order valence-corrected chi connectivity index (χ4v) is 2.76. The molecule has 0 heterocycles. The number of carbonyl (C=O) groups is 1. The van der Waals surface area contributed by atoms with Crippen LogP contribution in [0.4, 0.5) is 0 Å². The molecule has 0 aliphatic heterocycles. The van der Waals surface area contributed by atoms with Crippen molar-refractivity contribution in [1.82, 2.24) is 0 Å². The van der Waals surface area contributed by atoms with E-state index >= 15 is 0 Å². The van der Waals surface area contributed by atoms with Gasteiger partial charge in [-0.2, -0.15) is 5.26 Å². The zero-order valence-electron chi connectivity index (χ0n) is 16.1. The van der Waals surface area contributed by atoms with Crippen LogP contribution in [0.2, 0.25) is 0 Å². The predicted molar refractivity (Wildman–Crippen MR) is 113 cm³/mol. The Kier molecular flexibility index (Phi) is 8.49. The summed E-state index contributed by atoms with van der Waals surface area (Å²) in [6.45, 7) is 2.17. The quantitative estimate of drug-likeness (QED) is 0.514. The lowest BCUT2D eigenvalue weighted by atomic mass is 10.0. The van der Waals surface area contributed by atoms with Crippen molar-refractivity contribution in [3.8, 4) is 17.2 Å². The van der Waals surface area contributed by atoms with E-state index in [0.29, 0.717) is 11.1 Å². The molecule has 28 heavy (non-hydrogen) atoms. The normalized spacial score (nSPS) is 9.71. The lowest BCUT2D eigenvalue weighted by Crippen LogP contribution is -1.96. The highest BCUT2D eigenvalue weighted by atomic mass is 16.4. The summed E-state index contributed by atoms with van der Waals surface area (Å²) in [6, 6.07) is 27.0. The molecule has 0 unspecified atom stereocenters. The van der Waals surface area contributed by atoms with E-state index in [4.69, 9.17) is 10.4 Å². The van der Waals surface area contributed by atoms with Crippen LogP contribution in [0.25, 0.3) is 11.1 Å². The monoisotopic (exact) mass is 371 g/mol. The van der Waals surface area contributed by atoms with E-state index < -0.39 is 5.97 Å². The summed E-state index contributed by atoms with van der Waals surface area (Å²) in [5.74, 6) is -0.856. The van der Waals surface area contributed by atoms with E-state index in [0.717, 1.165) is 12.0 Å². The maximum absolute atomic E-state index is 10.6. The van der Waals surface area contributed by atoms with Crippen molar-refractivity contribution >= 4 is 5.97 Å². The molecule has 3 heteroatoms. The van der Waals surface area contributed by atoms with Gasteiger partial charge in [-0.3, -0.25) is 0 Å². The molecular weight excluding hydrogens is 346 g/mol. The first kappa shape index (κ1) is 20.9. The number of nitrogens with zero attached hydrogens (tertiary/aromatic N) is 1. The van der Waals surface area contributed by atoms with E-state index in [1.54, 1.807) is 12.1 Å². The second-order valence-corrected chi connectivity index (χ2v) is 6.51. The lowest BCUT2D eigenvalue weighted by Gasteiger charge is -2.00. The molecule has 3 rings (SSSR count). The van der Waals surface area contributed by atoms with Gasteiger partial charge in [0.2, 0.25) is 0 Å². The molecule has 3 nitrogen and oxygen atoms in total. The first-order chi connectivity index (χ1) is 13.6. The molecule has 0 saturated heterocycles. The van der Waals surface area contributed by atoms with Gasteiger partial charge in [-0.05, 0) is 53.8 Å². The number of unbranched alkanes of at least 4 members (excludes halogenated alkanes) is 2. The van der Waals surface area contributed by atoms with Gasteiger partial charge in [0.25, 0.3) is 0 Å². The third-order valence-corrected chi connectivity index (χ3v) is 4.39. The second kappa shape index (κ2) is 11.4. The van der Waals surface area contributed by atoms with Crippen LogP contribution in [0.5, 0.6) is 0 Å². The fraction of sp³-hybridized carbons (Fsp3) is 0.200. The maximum Gasteiger partial charge on any atom is 0.335 e. The van der Waals surface area contributed by atoms with Gasteiger partial charge in [-0.1, -0.05) is 74.4 Å². The Balaban J connectivity index is 0.000000200. The van der Waals surface area contributed by atoms with Gasteiger partial charge in [0, 0.05) is 0 Å². The molecule has 0 amide bonds. The van der Waals surface area contributed by atoms with Crippen molar-refractivity contribution in [2.45, 2.75) is 32.6 Å². The zero-order chi connectivity index (χ0) is 20.2. The van der Waals surface area contributed by atoms with E-state index in [-0.39, 0.29) is 0 Å². The molecule has 1 N–H and O–H groups in total. The summed E-state index contributed by atoms with van der Waals surface area (Å²) in [4.78, 5) is 10.6. The van der Waals surface area contributed by atoms with Gasteiger partial charge in [0.15, 0.2) is 0 Å². The molecule has 142 valence electrons. The Hall–Kier alpha value is -3.38. The fourth-order valence-electron chi connectivity index (χ4n) is 2.76. The minimum Gasteiger partial charge on any atom is -0.478 e. The second-order valence-electron chi connectivity index (χ2n) is 6.51. The van der Waals surface area contributed by atoms with Crippen LogP contribution < -0.4 is 0 Å². The largest absolute Gasteiger partial charge is 0.478 e. The molecule has 0 aromatic heterocycles. The van der Waals surface area contributed by atoms with Crippen LogP contribution in [0.3, 0.4) is 0 Å². The molecule has 0 bridgehead atoms. The van der Waals surface area contributed by atoms with E-state index in [1.165, 1.54) is 30.4 Å². The van der Waals surface area contributed by atoms with Crippen LogP contribution in [0, 0.1) is 11.3 Å². The minimum atomic E-state index is -0.856. The molecule has 0 atom stereocenters. The summed E-state index contributed by atoms with van der Waals surface area (Å²) in [5.41, 5.74) is 4.61. The van der Waals surface area contributed by atoms with Crippen LogP contribution in [-0.2, 0) is 6.42 Å². The van der Waals surface area contributed by atoms with Crippen molar-refractivity contribution in [2.75, 3.05) is 0 Å². The average molecular weight is 371 g/mol. The van der Waals surface area contributed by atoms with Crippen molar-refractivity contribution < 1.29 is 9.90 Å². The standard InChI is InChI=1S/C13H9N.C12H16O2/c14-10-11-6-8-13(9-7-11)12-4-2-1-3-5-12;1-2-3-4-5-10-6-8-11(9-7-10)12(13)14/h1-9H;6-9H,2-5H2,1H3,(H,13,14). The van der Waals surface area contributed by atoms with Crippen LogP contribution >= 0.6 is 0 Å². The summed E-state index contributed by atoms with van der Waals surface area (Å²) >= 11 is 0. The number of carboxylic acid groups (broad SMARTS) is 1. The SMILES string of the molecule is CCCCCc1ccc(C(=O)O)cc1.N#Cc1ccc(-c2ccccc2)cc1. The summed E-state index contributed by atoms with van der Waals surface area (Å²) in [5, 5.41) is 17.3. The van der Waals surface area contributed by atoms with Gasteiger partial charge in [-0.15, -0.1) is 0 Å². The number of aromatic carboxylic acids is 1. The average Bonchev–Trinajstić information content (AvgIpc) is 2.75. The molecule has 0 saturated carbocycles. The first-order valence-electron chi connectivity index (χ1n) is 9.52. The van der Waals surface area contributed by atoms with Crippen LogP contribution in [0.15, 0.2) is 78.9 Å². The smallest absolute Gasteiger partial charge is 0.335 e. The summed E-state index contributed by atoms with van der Waals surface area (Å²) < 4.78 is 0. The molecule has 0 fully saturated rings. The predicted octanol–water partition coefficient (Wildman–Crippen LogP) is 6.34. The third-order valence-electron chi connectivity index (χ3n) is 4.39. The Labute approximate surface area is 166 Å². The molecule has 0 aliphatic rings. The molecule has 3 aromatic rings. The van der Waals surface area contributed by atoms with Gasteiger partial charge in [-0.25, -0.2) is 4.79 Å². The molecule has 0 aliphatic carbocycles.